The molecule has 1 heterocycles. The summed E-state index contributed by atoms with van der Waals surface area (Å²) in [5.74, 6) is -1.43. The van der Waals surface area contributed by atoms with Crippen LogP contribution in [0.2, 0.25) is 5.15 Å². The maximum atomic E-state index is 11.8. The predicted octanol–water partition coefficient (Wildman–Crippen LogP) is 2.61. The summed E-state index contributed by atoms with van der Waals surface area (Å²) in [5, 5.41) is 9.11. The third-order valence-electron chi connectivity index (χ3n) is 2.64. The lowest BCUT2D eigenvalue weighted by Crippen LogP contribution is -2.07. The molecular formula is C12H8Cl2N2O4S. The maximum absolute atomic E-state index is 11.8. The number of halogens is 2. The average molecular weight is 347 g/mol. The van der Waals surface area contributed by atoms with Crippen LogP contribution in [0, 0.1) is 0 Å². The first-order valence-corrected chi connectivity index (χ1v) is 8.13. The first-order valence-electron chi connectivity index (χ1n) is 5.44. The van der Waals surface area contributed by atoms with Crippen molar-refractivity contribution in [3.8, 4) is 11.1 Å². The van der Waals surface area contributed by atoms with E-state index < -0.39 is 25.5 Å². The number of rotatable bonds is 3. The van der Waals surface area contributed by atoms with Crippen molar-refractivity contribution in [3.63, 3.8) is 0 Å². The molecule has 0 bridgehead atoms. The van der Waals surface area contributed by atoms with E-state index in [9.17, 15) is 13.2 Å². The molecule has 0 saturated carbocycles. The average Bonchev–Trinajstić information content (AvgIpc) is 2.39. The minimum absolute atomic E-state index is 0.0201. The number of nitrogens with zero attached hydrogens (tertiary/aromatic N) is 1. The van der Waals surface area contributed by atoms with E-state index >= 15 is 0 Å². The zero-order valence-corrected chi connectivity index (χ0v) is 12.6. The molecule has 1 aromatic carbocycles. The molecule has 21 heavy (non-hydrogen) atoms. The molecule has 9 heteroatoms. The van der Waals surface area contributed by atoms with Crippen LogP contribution in [0.5, 0.6) is 0 Å². The lowest BCUT2D eigenvalue weighted by molar-refractivity contribution is 0.0693. The number of hydrogen-bond acceptors (Lipinski definition) is 5. The molecule has 0 radical (unpaired) electrons. The number of nitrogens with two attached hydrogens (primary N) is 1. The molecule has 0 aliphatic heterocycles. The fourth-order valence-electron chi connectivity index (χ4n) is 1.83. The van der Waals surface area contributed by atoms with Crippen molar-refractivity contribution in [2.45, 2.75) is 4.90 Å². The Morgan fingerprint density at radius 3 is 2.52 bits per heavy atom. The van der Waals surface area contributed by atoms with Gasteiger partial charge in [0.05, 0.1) is 17.4 Å². The zero-order chi connectivity index (χ0) is 15.8. The van der Waals surface area contributed by atoms with Crippen LogP contribution in [0.1, 0.15) is 10.4 Å². The van der Waals surface area contributed by atoms with E-state index in [0.717, 1.165) is 6.07 Å². The number of benzene rings is 1. The molecule has 1 aromatic heterocycles. The number of aromatic nitrogens is 1. The first kappa shape index (κ1) is 15.6. The van der Waals surface area contributed by atoms with Crippen LogP contribution in [0.15, 0.2) is 35.4 Å². The Morgan fingerprint density at radius 1 is 1.29 bits per heavy atom. The molecule has 0 spiro atoms. The van der Waals surface area contributed by atoms with Crippen molar-refractivity contribution in [2.24, 2.45) is 0 Å². The number of hydrogen-bond donors (Lipinski definition) is 2. The Hall–Kier alpha value is -1.83. The summed E-state index contributed by atoms with van der Waals surface area (Å²) in [6.45, 7) is 0. The van der Waals surface area contributed by atoms with Gasteiger partial charge in [0.25, 0.3) is 9.05 Å². The van der Waals surface area contributed by atoms with E-state index in [-0.39, 0.29) is 22.0 Å². The van der Waals surface area contributed by atoms with Crippen molar-refractivity contribution >= 4 is 43.0 Å². The quantitative estimate of drug-likeness (QED) is 0.652. The standard InChI is InChI=1S/C12H8Cl2N2O4S/c13-11-9(4-6(15)5-16-11)7-2-1-3-8(12(17)18)10(7)21(14,19)20/h1-5H,15H2,(H,17,18). The van der Waals surface area contributed by atoms with Gasteiger partial charge in [-0.05, 0) is 12.1 Å². The van der Waals surface area contributed by atoms with Gasteiger partial charge in [-0.15, -0.1) is 0 Å². The summed E-state index contributed by atoms with van der Waals surface area (Å²) in [7, 11) is 1.05. The molecule has 0 aliphatic rings. The topological polar surface area (TPSA) is 110 Å². The minimum atomic E-state index is -4.32. The Labute approximate surface area is 129 Å². The van der Waals surface area contributed by atoms with Crippen LogP contribution in [-0.4, -0.2) is 24.5 Å². The van der Waals surface area contributed by atoms with Gasteiger partial charge in [-0.1, -0.05) is 23.7 Å². The second-order valence-corrected chi connectivity index (χ2v) is 6.89. The fourth-order valence-corrected chi connectivity index (χ4v) is 3.40. The Balaban J connectivity index is 2.90. The van der Waals surface area contributed by atoms with Crippen LogP contribution in [0.25, 0.3) is 11.1 Å². The third kappa shape index (κ3) is 3.10. The summed E-state index contributed by atoms with van der Waals surface area (Å²) in [5.41, 5.74) is 5.59. The molecule has 6 nitrogen and oxygen atoms in total. The van der Waals surface area contributed by atoms with E-state index in [2.05, 4.69) is 4.98 Å². The molecule has 0 unspecified atom stereocenters. The van der Waals surface area contributed by atoms with Crippen molar-refractivity contribution in [1.29, 1.82) is 0 Å². The molecule has 110 valence electrons. The highest BCUT2D eigenvalue weighted by Crippen LogP contribution is 2.36. The first-order chi connectivity index (χ1) is 9.71. The van der Waals surface area contributed by atoms with Gasteiger partial charge in [0.15, 0.2) is 0 Å². The fraction of sp³-hybridized carbons (Fsp3) is 0. The highest BCUT2D eigenvalue weighted by Gasteiger charge is 2.26. The van der Waals surface area contributed by atoms with Gasteiger partial charge < -0.3 is 10.8 Å². The number of carbonyl (C=O) groups is 1. The highest BCUT2D eigenvalue weighted by atomic mass is 35.7. The number of carboxylic acids is 1. The van der Waals surface area contributed by atoms with Gasteiger partial charge in [-0.2, -0.15) is 0 Å². The van der Waals surface area contributed by atoms with Gasteiger partial charge in [-0.25, -0.2) is 18.2 Å². The summed E-state index contributed by atoms with van der Waals surface area (Å²) >= 11 is 5.93. The molecule has 0 aliphatic carbocycles. The molecule has 0 amide bonds. The molecule has 0 atom stereocenters. The van der Waals surface area contributed by atoms with Crippen molar-refractivity contribution in [3.05, 3.63) is 41.2 Å². The van der Waals surface area contributed by atoms with Gasteiger partial charge in [0.2, 0.25) is 0 Å². The number of nitrogen functional groups attached to an aromatic ring is 1. The van der Waals surface area contributed by atoms with Gasteiger partial charge in [0.1, 0.15) is 10.0 Å². The Morgan fingerprint density at radius 2 is 1.95 bits per heavy atom. The number of carboxylic acid groups (broad SMARTS) is 1. The van der Waals surface area contributed by atoms with Crippen LogP contribution in [0.4, 0.5) is 5.69 Å². The molecule has 2 aromatic rings. The predicted molar refractivity (Wildman–Crippen MR) is 79.1 cm³/mol. The second kappa shape index (κ2) is 5.51. The molecule has 0 fully saturated rings. The SMILES string of the molecule is Nc1cnc(Cl)c(-c2cccc(C(=O)O)c2S(=O)(=O)Cl)c1. The largest absolute Gasteiger partial charge is 0.478 e. The van der Waals surface area contributed by atoms with E-state index in [1.165, 1.54) is 24.4 Å². The molecule has 0 saturated heterocycles. The zero-order valence-electron chi connectivity index (χ0n) is 10.2. The number of aromatic carboxylic acids is 1. The monoisotopic (exact) mass is 346 g/mol. The summed E-state index contributed by atoms with van der Waals surface area (Å²) < 4.78 is 23.5. The van der Waals surface area contributed by atoms with Gasteiger partial charge >= 0.3 is 5.97 Å². The molecule has 3 N–H and O–H groups in total. The Bertz CT molecular complexity index is 837. The normalized spacial score (nSPS) is 11.3. The van der Waals surface area contributed by atoms with Crippen molar-refractivity contribution < 1.29 is 18.3 Å². The van der Waals surface area contributed by atoms with Crippen LogP contribution < -0.4 is 5.73 Å². The van der Waals surface area contributed by atoms with Crippen LogP contribution >= 0.6 is 22.3 Å². The van der Waals surface area contributed by atoms with E-state index in [1.54, 1.807) is 0 Å². The summed E-state index contributed by atoms with van der Waals surface area (Å²) in [6.07, 6.45) is 1.29. The second-order valence-electron chi connectivity index (χ2n) is 4.03. The molecular weight excluding hydrogens is 339 g/mol. The third-order valence-corrected chi connectivity index (χ3v) is 4.33. The van der Waals surface area contributed by atoms with E-state index in [4.69, 9.17) is 33.1 Å². The van der Waals surface area contributed by atoms with E-state index in [0.29, 0.717) is 0 Å². The highest BCUT2D eigenvalue weighted by molar-refractivity contribution is 8.14. The van der Waals surface area contributed by atoms with Gasteiger partial charge in [-0.3, -0.25) is 0 Å². The smallest absolute Gasteiger partial charge is 0.337 e. The van der Waals surface area contributed by atoms with E-state index in [1.807, 2.05) is 0 Å². The van der Waals surface area contributed by atoms with Crippen LogP contribution in [-0.2, 0) is 9.05 Å². The summed E-state index contributed by atoms with van der Waals surface area (Å²) in [6, 6.07) is 5.28. The number of anilines is 1. The minimum Gasteiger partial charge on any atom is -0.478 e. The molecule has 2 rings (SSSR count). The lowest BCUT2D eigenvalue weighted by atomic mass is 10.0. The summed E-state index contributed by atoms with van der Waals surface area (Å²) in [4.78, 5) is 14.5. The number of pyridine rings is 1. The van der Waals surface area contributed by atoms with Crippen molar-refractivity contribution in [1.82, 2.24) is 4.98 Å². The lowest BCUT2D eigenvalue weighted by Gasteiger charge is -2.11. The van der Waals surface area contributed by atoms with Crippen LogP contribution in [0.3, 0.4) is 0 Å². The van der Waals surface area contributed by atoms with Gasteiger partial charge in [0, 0.05) is 21.8 Å². The van der Waals surface area contributed by atoms with Crippen molar-refractivity contribution in [2.75, 3.05) is 5.73 Å². The maximum Gasteiger partial charge on any atom is 0.337 e. The Kier molecular flexibility index (Phi) is 4.08.